The first-order chi connectivity index (χ1) is 8.28. The largest absolute Gasteiger partial charge is 0.497 e. The van der Waals surface area contributed by atoms with Crippen molar-refractivity contribution in [2.24, 2.45) is 0 Å². The summed E-state index contributed by atoms with van der Waals surface area (Å²) in [4.78, 5) is 2.52. The van der Waals surface area contributed by atoms with E-state index in [1.54, 1.807) is 7.11 Å². The maximum Gasteiger partial charge on any atom is 0.121 e. The number of hydrogen-bond donors (Lipinski definition) is 1. The van der Waals surface area contributed by atoms with Crippen molar-refractivity contribution in [1.82, 2.24) is 4.90 Å². The van der Waals surface area contributed by atoms with Gasteiger partial charge in [-0.05, 0) is 43.6 Å². The molecule has 1 saturated heterocycles. The first kappa shape index (κ1) is 12.2. The van der Waals surface area contributed by atoms with Gasteiger partial charge in [0.1, 0.15) is 5.75 Å². The zero-order valence-electron chi connectivity index (χ0n) is 10.6. The van der Waals surface area contributed by atoms with Crippen molar-refractivity contribution < 1.29 is 4.74 Å². The van der Waals surface area contributed by atoms with Gasteiger partial charge in [-0.2, -0.15) is 0 Å². The summed E-state index contributed by atoms with van der Waals surface area (Å²) >= 11 is 0. The van der Waals surface area contributed by atoms with E-state index < -0.39 is 0 Å². The van der Waals surface area contributed by atoms with Crippen LogP contribution in [0.1, 0.15) is 31.2 Å². The minimum atomic E-state index is 0.786. The number of nitrogen functional groups attached to an aromatic ring is 1. The van der Waals surface area contributed by atoms with Gasteiger partial charge >= 0.3 is 0 Å². The molecule has 0 saturated carbocycles. The molecular formula is C14H22N2O. The van der Waals surface area contributed by atoms with Gasteiger partial charge in [-0.25, -0.2) is 0 Å². The minimum Gasteiger partial charge on any atom is -0.497 e. The monoisotopic (exact) mass is 234 g/mol. The Bertz CT molecular complexity index is 357. The average molecular weight is 234 g/mol. The number of nitrogens with zero attached hydrogens (tertiary/aromatic N) is 1. The summed E-state index contributed by atoms with van der Waals surface area (Å²) in [5.74, 6) is 0.856. The Hall–Kier alpha value is -1.22. The molecular weight excluding hydrogens is 212 g/mol. The van der Waals surface area contributed by atoms with Gasteiger partial charge < -0.3 is 10.5 Å². The molecule has 17 heavy (non-hydrogen) atoms. The van der Waals surface area contributed by atoms with E-state index >= 15 is 0 Å². The number of nitrogens with two attached hydrogens (primary N) is 1. The first-order valence-corrected chi connectivity index (χ1v) is 6.44. The van der Waals surface area contributed by atoms with Gasteiger partial charge in [0.05, 0.1) is 7.11 Å². The van der Waals surface area contributed by atoms with Crippen LogP contribution in [0.2, 0.25) is 0 Å². The quantitative estimate of drug-likeness (QED) is 0.817. The smallest absolute Gasteiger partial charge is 0.121 e. The number of likely N-dealkylation sites (tertiary alicyclic amines) is 1. The SMILES string of the molecule is COc1cc(N)cc(CN2CCCCCC2)c1. The van der Waals surface area contributed by atoms with Crippen LogP contribution < -0.4 is 10.5 Å². The summed E-state index contributed by atoms with van der Waals surface area (Å²) in [5.41, 5.74) is 7.91. The molecule has 94 valence electrons. The molecule has 0 aliphatic carbocycles. The Labute approximate surface area is 104 Å². The van der Waals surface area contributed by atoms with E-state index in [1.807, 2.05) is 12.1 Å². The Morgan fingerprint density at radius 1 is 1.12 bits per heavy atom. The average Bonchev–Trinajstić information content (AvgIpc) is 2.57. The Morgan fingerprint density at radius 2 is 1.82 bits per heavy atom. The summed E-state index contributed by atoms with van der Waals surface area (Å²) in [6.07, 6.45) is 5.38. The second kappa shape index (κ2) is 5.92. The molecule has 0 aromatic heterocycles. The number of methoxy groups -OCH3 is 1. The Kier molecular flexibility index (Phi) is 4.26. The fourth-order valence-electron chi connectivity index (χ4n) is 2.45. The lowest BCUT2D eigenvalue weighted by atomic mass is 10.1. The van der Waals surface area contributed by atoms with Crippen LogP contribution >= 0.6 is 0 Å². The minimum absolute atomic E-state index is 0.786. The van der Waals surface area contributed by atoms with E-state index in [-0.39, 0.29) is 0 Å². The van der Waals surface area contributed by atoms with Crippen LogP contribution in [0.5, 0.6) is 5.75 Å². The van der Waals surface area contributed by atoms with Crippen molar-refractivity contribution in [3.8, 4) is 5.75 Å². The van der Waals surface area contributed by atoms with E-state index in [9.17, 15) is 0 Å². The lowest BCUT2D eigenvalue weighted by Crippen LogP contribution is -2.24. The van der Waals surface area contributed by atoms with Crippen LogP contribution in [0.15, 0.2) is 18.2 Å². The maximum absolute atomic E-state index is 5.87. The fourth-order valence-corrected chi connectivity index (χ4v) is 2.45. The van der Waals surface area contributed by atoms with Crippen molar-refractivity contribution in [1.29, 1.82) is 0 Å². The van der Waals surface area contributed by atoms with Gasteiger partial charge in [-0.1, -0.05) is 12.8 Å². The van der Waals surface area contributed by atoms with Crippen molar-refractivity contribution in [3.05, 3.63) is 23.8 Å². The second-order valence-electron chi connectivity index (χ2n) is 4.80. The zero-order chi connectivity index (χ0) is 12.1. The van der Waals surface area contributed by atoms with Gasteiger partial charge in [-0.15, -0.1) is 0 Å². The molecule has 0 amide bonds. The molecule has 1 heterocycles. The molecule has 1 aromatic rings. The summed E-state index contributed by atoms with van der Waals surface area (Å²) in [7, 11) is 1.69. The number of hydrogen-bond acceptors (Lipinski definition) is 3. The number of anilines is 1. The Balaban J connectivity index is 2.03. The van der Waals surface area contributed by atoms with Gasteiger partial charge in [0.2, 0.25) is 0 Å². The van der Waals surface area contributed by atoms with Crippen molar-refractivity contribution in [3.63, 3.8) is 0 Å². The molecule has 0 unspecified atom stereocenters. The molecule has 1 aliphatic heterocycles. The molecule has 3 nitrogen and oxygen atoms in total. The van der Waals surface area contributed by atoms with Crippen LogP contribution in [0.4, 0.5) is 5.69 Å². The summed E-state index contributed by atoms with van der Waals surface area (Å²) in [6, 6.07) is 6.00. The molecule has 1 aliphatic rings. The summed E-state index contributed by atoms with van der Waals surface area (Å²) in [5, 5.41) is 0. The van der Waals surface area contributed by atoms with E-state index in [4.69, 9.17) is 10.5 Å². The van der Waals surface area contributed by atoms with Gasteiger partial charge in [0, 0.05) is 18.3 Å². The molecule has 0 bridgehead atoms. The van der Waals surface area contributed by atoms with Crippen LogP contribution in [-0.2, 0) is 6.54 Å². The van der Waals surface area contributed by atoms with E-state index in [1.165, 1.54) is 44.3 Å². The highest BCUT2D eigenvalue weighted by Gasteiger charge is 2.10. The summed E-state index contributed by atoms with van der Waals surface area (Å²) < 4.78 is 5.25. The third-order valence-electron chi connectivity index (χ3n) is 3.33. The van der Waals surface area contributed by atoms with Gasteiger partial charge in [0.25, 0.3) is 0 Å². The van der Waals surface area contributed by atoms with Crippen molar-refractivity contribution in [2.45, 2.75) is 32.2 Å². The highest BCUT2D eigenvalue weighted by Crippen LogP contribution is 2.21. The fraction of sp³-hybridized carbons (Fsp3) is 0.571. The standard InChI is InChI=1S/C14H22N2O/c1-17-14-9-12(8-13(15)10-14)11-16-6-4-2-3-5-7-16/h8-10H,2-7,11,15H2,1H3. The molecule has 0 radical (unpaired) electrons. The third kappa shape index (κ3) is 3.63. The number of ether oxygens (including phenoxy) is 1. The highest BCUT2D eigenvalue weighted by atomic mass is 16.5. The number of rotatable bonds is 3. The third-order valence-corrected chi connectivity index (χ3v) is 3.33. The van der Waals surface area contributed by atoms with Crippen molar-refractivity contribution in [2.75, 3.05) is 25.9 Å². The molecule has 2 rings (SSSR count). The normalized spacial score (nSPS) is 17.7. The molecule has 1 aromatic carbocycles. The first-order valence-electron chi connectivity index (χ1n) is 6.44. The summed E-state index contributed by atoms with van der Waals surface area (Å²) in [6.45, 7) is 3.40. The zero-order valence-corrected chi connectivity index (χ0v) is 10.6. The maximum atomic E-state index is 5.87. The van der Waals surface area contributed by atoms with Crippen LogP contribution in [-0.4, -0.2) is 25.1 Å². The molecule has 0 spiro atoms. The predicted molar refractivity (Wildman–Crippen MR) is 71.2 cm³/mol. The van der Waals surface area contributed by atoms with Crippen molar-refractivity contribution >= 4 is 5.69 Å². The molecule has 0 atom stereocenters. The van der Waals surface area contributed by atoms with Gasteiger partial charge in [0.15, 0.2) is 0 Å². The lowest BCUT2D eigenvalue weighted by molar-refractivity contribution is 0.276. The van der Waals surface area contributed by atoms with Crippen LogP contribution in [0.3, 0.4) is 0 Å². The number of benzene rings is 1. The van der Waals surface area contributed by atoms with E-state index in [0.717, 1.165) is 18.0 Å². The van der Waals surface area contributed by atoms with E-state index in [0.29, 0.717) is 0 Å². The second-order valence-corrected chi connectivity index (χ2v) is 4.80. The lowest BCUT2D eigenvalue weighted by Gasteiger charge is -2.20. The Morgan fingerprint density at radius 3 is 2.47 bits per heavy atom. The predicted octanol–water partition coefficient (Wildman–Crippen LogP) is 2.65. The molecule has 2 N–H and O–H groups in total. The molecule has 1 fully saturated rings. The topological polar surface area (TPSA) is 38.5 Å². The van der Waals surface area contributed by atoms with Gasteiger partial charge in [-0.3, -0.25) is 4.90 Å². The van der Waals surface area contributed by atoms with E-state index in [2.05, 4.69) is 11.0 Å². The van der Waals surface area contributed by atoms with Crippen LogP contribution in [0.25, 0.3) is 0 Å². The molecule has 3 heteroatoms. The highest BCUT2D eigenvalue weighted by molar-refractivity contribution is 5.47. The van der Waals surface area contributed by atoms with Crippen LogP contribution in [0, 0.1) is 0 Å².